The molecule has 2 fully saturated rings. The molecule has 3 aromatic rings. The van der Waals surface area contributed by atoms with Gasteiger partial charge in [0.1, 0.15) is 11.2 Å². The van der Waals surface area contributed by atoms with Crippen molar-refractivity contribution < 1.29 is 27.1 Å². The third-order valence-corrected chi connectivity index (χ3v) is 9.40. The number of ether oxygens (including phenoxy) is 2. The van der Waals surface area contributed by atoms with Gasteiger partial charge in [-0.3, -0.25) is 14.5 Å². The van der Waals surface area contributed by atoms with Gasteiger partial charge in [-0.15, -0.1) is 11.3 Å². The molecule has 1 saturated heterocycles. The molecule has 37 heavy (non-hydrogen) atoms. The van der Waals surface area contributed by atoms with E-state index in [-0.39, 0.29) is 30.3 Å². The lowest BCUT2D eigenvalue weighted by Crippen LogP contribution is -2.51. The Morgan fingerprint density at radius 2 is 2.14 bits per heavy atom. The number of rotatable bonds is 9. The fourth-order valence-corrected chi connectivity index (χ4v) is 7.01. The summed E-state index contributed by atoms with van der Waals surface area (Å²) in [6.45, 7) is 2.51. The predicted molar refractivity (Wildman–Crippen MR) is 135 cm³/mol. The first-order valence-electron chi connectivity index (χ1n) is 11.8. The SMILES string of the molecule is CCOc1cncc(-c2ccc(C3COCCC3(C(N)=O)c3csc(NS(=O)(=O)C4CC4)n3)c(F)c2)n1. The summed E-state index contributed by atoms with van der Waals surface area (Å²) in [5.74, 6) is -1.69. The van der Waals surface area contributed by atoms with E-state index >= 15 is 4.39 Å². The molecule has 2 aromatic heterocycles. The van der Waals surface area contributed by atoms with Crippen LogP contribution in [0.3, 0.4) is 0 Å². The van der Waals surface area contributed by atoms with E-state index < -0.39 is 38.3 Å². The highest BCUT2D eigenvalue weighted by atomic mass is 32.2. The highest BCUT2D eigenvalue weighted by Gasteiger charge is 2.51. The first-order chi connectivity index (χ1) is 17.7. The minimum Gasteiger partial charge on any atom is -0.477 e. The van der Waals surface area contributed by atoms with E-state index in [4.69, 9.17) is 15.2 Å². The molecule has 13 heteroatoms. The van der Waals surface area contributed by atoms with Gasteiger partial charge in [-0.1, -0.05) is 12.1 Å². The largest absolute Gasteiger partial charge is 0.477 e. The summed E-state index contributed by atoms with van der Waals surface area (Å²) in [6.07, 6.45) is 4.37. The van der Waals surface area contributed by atoms with E-state index in [0.29, 0.717) is 42.3 Å². The van der Waals surface area contributed by atoms with Crippen molar-refractivity contribution in [3.05, 3.63) is 53.0 Å². The molecular weight excluding hydrogens is 521 g/mol. The van der Waals surface area contributed by atoms with E-state index in [9.17, 15) is 13.2 Å². The van der Waals surface area contributed by atoms with E-state index in [1.807, 2.05) is 6.92 Å². The number of sulfonamides is 1. The summed E-state index contributed by atoms with van der Waals surface area (Å²) >= 11 is 1.07. The second-order valence-corrected chi connectivity index (χ2v) is 11.8. The number of nitrogens with one attached hydrogen (secondary N) is 1. The van der Waals surface area contributed by atoms with Crippen LogP contribution in [0, 0.1) is 5.82 Å². The second kappa shape index (κ2) is 9.95. The zero-order chi connectivity index (χ0) is 26.2. The van der Waals surface area contributed by atoms with E-state index in [0.717, 1.165) is 11.3 Å². The number of hydrogen-bond acceptors (Lipinski definition) is 9. The maximum atomic E-state index is 15.6. The Balaban J connectivity index is 1.50. The summed E-state index contributed by atoms with van der Waals surface area (Å²) in [5, 5.41) is 1.33. The standard InChI is InChI=1S/C24H26FN5O5S2/c1-2-35-21-11-27-10-19(28-21)14-3-6-16(18(25)9-14)17-12-34-8-7-24(17,22(26)31)20-13-36-23(29-20)30-37(32,33)15-4-5-15/h3,6,9-11,13,15,17H,2,4-5,7-8,12H2,1H3,(H2,26,31)(H,29,30). The first kappa shape index (κ1) is 25.5. The number of carbonyl (C=O) groups excluding carboxylic acids is 1. The number of anilines is 1. The van der Waals surface area contributed by atoms with Gasteiger partial charge in [-0.25, -0.2) is 22.8 Å². The zero-order valence-corrected chi connectivity index (χ0v) is 21.6. The molecule has 1 amide bonds. The quantitative estimate of drug-likeness (QED) is 0.416. The van der Waals surface area contributed by atoms with E-state index in [1.165, 1.54) is 18.5 Å². The highest BCUT2D eigenvalue weighted by molar-refractivity contribution is 7.93. The van der Waals surface area contributed by atoms with Crippen molar-refractivity contribution in [3.63, 3.8) is 0 Å². The average molecular weight is 548 g/mol. The van der Waals surface area contributed by atoms with Crippen LogP contribution in [0.15, 0.2) is 36.0 Å². The third-order valence-electron chi connectivity index (χ3n) is 6.69. The van der Waals surface area contributed by atoms with Crippen LogP contribution < -0.4 is 15.2 Å². The van der Waals surface area contributed by atoms with Crippen LogP contribution in [0.4, 0.5) is 9.52 Å². The predicted octanol–water partition coefficient (Wildman–Crippen LogP) is 2.97. The number of halogens is 1. The van der Waals surface area contributed by atoms with Crippen molar-refractivity contribution in [2.24, 2.45) is 5.73 Å². The molecule has 1 aromatic carbocycles. The Kier molecular flexibility index (Phi) is 6.86. The van der Waals surface area contributed by atoms with Crippen LogP contribution in [-0.2, 0) is 25.0 Å². The number of benzene rings is 1. The fourth-order valence-electron chi connectivity index (χ4n) is 4.62. The van der Waals surface area contributed by atoms with E-state index in [2.05, 4.69) is 19.7 Å². The molecule has 10 nitrogen and oxygen atoms in total. The molecule has 0 bridgehead atoms. The summed E-state index contributed by atoms with van der Waals surface area (Å²) < 4.78 is 53.9. The molecule has 3 N–H and O–H groups in total. The Morgan fingerprint density at radius 3 is 2.84 bits per heavy atom. The third kappa shape index (κ3) is 4.90. The molecule has 5 rings (SSSR count). The van der Waals surface area contributed by atoms with Gasteiger partial charge in [-0.05, 0) is 37.8 Å². The minimum atomic E-state index is -3.53. The molecule has 1 aliphatic carbocycles. The molecule has 2 aliphatic rings. The molecule has 1 aliphatic heterocycles. The van der Waals surface area contributed by atoms with Gasteiger partial charge in [-0.2, -0.15) is 0 Å². The van der Waals surface area contributed by atoms with Crippen LogP contribution in [0.5, 0.6) is 5.88 Å². The molecule has 0 radical (unpaired) electrons. The number of hydrogen-bond donors (Lipinski definition) is 2. The van der Waals surface area contributed by atoms with Crippen molar-refractivity contribution in [2.45, 2.75) is 42.8 Å². The van der Waals surface area contributed by atoms with Crippen LogP contribution in [-0.4, -0.2) is 54.3 Å². The number of carbonyl (C=O) groups is 1. The van der Waals surface area contributed by atoms with E-state index in [1.54, 1.807) is 17.5 Å². The van der Waals surface area contributed by atoms with Gasteiger partial charge in [0.05, 0.1) is 42.2 Å². The Hall–Kier alpha value is -3.16. The minimum absolute atomic E-state index is 0.0412. The number of aromatic nitrogens is 3. The Labute approximate surface area is 217 Å². The maximum absolute atomic E-state index is 15.6. The van der Waals surface area contributed by atoms with Gasteiger partial charge < -0.3 is 15.2 Å². The fraction of sp³-hybridized carbons (Fsp3) is 0.417. The number of primary amides is 1. The summed E-state index contributed by atoms with van der Waals surface area (Å²) in [7, 11) is -3.53. The summed E-state index contributed by atoms with van der Waals surface area (Å²) in [5.41, 5.74) is 6.03. The molecule has 3 heterocycles. The van der Waals surface area contributed by atoms with Crippen molar-refractivity contribution in [1.82, 2.24) is 15.0 Å². The van der Waals surface area contributed by atoms with Crippen molar-refractivity contribution in [2.75, 3.05) is 24.5 Å². The van der Waals surface area contributed by atoms with Crippen molar-refractivity contribution in [1.29, 1.82) is 0 Å². The smallest absolute Gasteiger partial charge is 0.237 e. The number of nitrogens with zero attached hydrogens (tertiary/aromatic N) is 3. The topological polar surface area (TPSA) is 146 Å². The van der Waals surface area contributed by atoms with Crippen LogP contribution in [0.2, 0.25) is 0 Å². The molecule has 2 unspecified atom stereocenters. The lowest BCUT2D eigenvalue weighted by molar-refractivity contribution is -0.128. The van der Waals surface area contributed by atoms with Crippen LogP contribution in [0.25, 0.3) is 11.3 Å². The number of nitrogens with two attached hydrogens (primary N) is 1. The Bertz CT molecular complexity index is 1430. The van der Waals surface area contributed by atoms with Gasteiger partial charge in [0, 0.05) is 23.5 Å². The molecule has 0 spiro atoms. The van der Waals surface area contributed by atoms with Gasteiger partial charge in [0.25, 0.3) is 0 Å². The monoisotopic (exact) mass is 547 g/mol. The average Bonchev–Trinajstić information content (AvgIpc) is 3.65. The second-order valence-electron chi connectivity index (χ2n) is 9.01. The van der Waals surface area contributed by atoms with Gasteiger partial charge >= 0.3 is 0 Å². The lowest BCUT2D eigenvalue weighted by Gasteiger charge is -2.40. The van der Waals surface area contributed by atoms with Gasteiger partial charge in [0.15, 0.2) is 5.13 Å². The maximum Gasteiger partial charge on any atom is 0.237 e. The lowest BCUT2D eigenvalue weighted by atomic mass is 9.66. The number of thiazole rings is 1. The molecule has 1 saturated carbocycles. The first-order valence-corrected chi connectivity index (χ1v) is 14.3. The summed E-state index contributed by atoms with van der Waals surface area (Å²) in [6, 6.07) is 4.60. The van der Waals surface area contributed by atoms with Crippen LogP contribution in [0.1, 0.15) is 43.4 Å². The van der Waals surface area contributed by atoms with Gasteiger partial charge in [0.2, 0.25) is 21.8 Å². The summed E-state index contributed by atoms with van der Waals surface area (Å²) in [4.78, 5) is 25.9. The van der Waals surface area contributed by atoms with Crippen molar-refractivity contribution >= 4 is 32.4 Å². The zero-order valence-electron chi connectivity index (χ0n) is 20.0. The highest BCUT2D eigenvalue weighted by Crippen LogP contribution is 2.46. The molecular formula is C24H26FN5O5S2. The molecule has 196 valence electrons. The molecule has 2 atom stereocenters. The van der Waals surface area contributed by atoms with Crippen molar-refractivity contribution in [3.8, 4) is 17.1 Å². The van der Waals surface area contributed by atoms with Crippen LogP contribution >= 0.6 is 11.3 Å². The Morgan fingerprint density at radius 1 is 1.32 bits per heavy atom. The number of amides is 1. The normalized spacial score (nSPS) is 21.9.